The average Bonchev–Trinajstić information content (AvgIpc) is 3.04. The second kappa shape index (κ2) is 7.85. The van der Waals surface area contributed by atoms with Gasteiger partial charge in [0.25, 0.3) is 0 Å². The van der Waals surface area contributed by atoms with Gasteiger partial charge < -0.3 is 9.30 Å². The molecule has 3 rings (SSSR count). The Labute approximate surface area is 150 Å². The van der Waals surface area contributed by atoms with Crippen LogP contribution >= 0.6 is 0 Å². The first-order valence-electron chi connectivity index (χ1n) is 9.45. The summed E-state index contributed by atoms with van der Waals surface area (Å²) in [4.78, 5) is 17.6. The molecule has 1 aromatic carbocycles. The van der Waals surface area contributed by atoms with Crippen molar-refractivity contribution in [2.75, 3.05) is 6.61 Å². The predicted octanol–water partition coefficient (Wildman–Crippen LogP) is 4.38. The van der Waals surface area contributed by atoms with Gasteiger partial charge in [0.05, 0.1) is 6.61 Å². The normalized spacial score (nSPS) is 14.8. The van der Waals surface area contributed by atoms with E-state index in [0.29, 0.717) is 13.2 Å². The van der Waals surface area contributed by atoms with E-state index >= 15 is 0 Å². The monoisotopic (exact) mass is 340 g/mol. The van der Waals surface area contributed by atoms with Gasteiger partial charge >= 0.3 is 0 Å². The number of fused-ring (bicyclic) bond motifs is 1. The van der Waals surface area contributed by atoms with Gasteiger partial charge in [-0.05, 0) is 69.2 Å². The molecule has 1 heterocycles. The zero-order chi connectivity index (χ0) is 17.8. The zero-order valence-electron chi connectivity index (χ0n) is 15.5. The van der Waals surface area contributed by atoms with Crippen molar-refractivity contribution in [3.8, 4) is 5.75 Å². The maximum absolute atomic E-state index is 13.3. The lowest BCUT2D eigenvalue weighted by atomic mass is 9.83. The van der Waals surface area contributed by atoms with Crippen molar-refractivity contribution >= 4 is 5.78 Å². The van der Waals surface area contributed by atoms with Crippen LogP contribution in [0.4, 0.5) is 0 Å². The van der Waals surface area contributed by atoms with Crippen LogP contribution in [0.25, 0.3) is 0 Å². The van der Waals surface area contributed by atoms with Gasteiger partial charge in [-0.25, -0.2) is 4.98 Å². The highest BCUT2D eigenvalue weighted by Gasteiger charge is 2.26. The number of rotatable bonds is 7. The maximum atomic E-state index is 13.3. The Balaban J connectivity index is 1.91. The minimum absolute atomic E-state index is 0.0168. The topological polar surface area (TPSA) is 44.1 Å². The van der Waals surface area contributed by atoms with Crippen molar-refractivity contribution in [1.29, 1.82) is 0 Å². The lowest BCUT2D eigenvalue weighted by molar-refractivity contribution is 0.0901. The number of aromatic nitrogens is 2. The molecular formula is C21H28N2O2. The molecule has 0 N–H and O–H groups in total. The van der Waals surface area contributed by atoms with Crippen LogP contribution in [0, 0.1) is 12.8 Å². The van der Waals surface area contributed by atoms with Gasteiger partial charge in [-0.15, -0.1) is 0 Å². The van der Waals surface area contributed by atoms with Gasteiger partial charge in [-0.2, -0.15) is 0 Å². The van der Waals surface area contributed by atoms with Crippen molar-refractivity contribution in [3.05, 3.63) is 47.0 Å². The third-order valence-corrected chi connectivity index (χ3v) is 5.26. The number of Topliss-reactive ketones (excluding diaryl/α,β-unsaturated/α-hetero) is 1. The molecule has 0 saturated carbocycles. The molecule has 1 aliphatic carbocycles. The quantitative estimate of drug-likeness (QED) is 0.703. The first kappa shape index (κ1) is 17.7. The molecule has 134 valence electrons. The van der Waals surface area contributed by atoms with Gasteiger partial charge in [0, 0.05) is 30.4 Å². The Morgan fingerprint density at radius 2 is 2.00 bits per heavy atom. The van der Waals surface area contributed by atoms with E-state index in [-0.39, 0.29) is 11.7 Å². The molecule has 4 heteroatoms. The van der Waals surface area contributed by atoms with E-state index in [0.717, 1.165) is 42.8 Å². The second-order valence-electron chi connectivity index (χ2n) is 6.80. The second-order valence-corrected chi connectivity index (χ2v) is 6.80. The first-order chi connectivity index (χ1) is 12.2. The van der Waals surface area contributed by atoms with Crippen LogP contribution in [0.3, 0.4) is 0 Å². The largest absolute Gasteiger partial charge is 0.494 e. The third-order valence-electron chi connectivity index (χ3n) is 5.26. The number of carbonyl (C=O) groups excluding carboxylic acids is 1. The molecule has 1 aliphatic rings. The minimum Gasteiger partial charge on any atom is -0.494 e. The number of ketones is 1. The van der Waals surface area contributed by atoms with Crippen LogP contribution < -0.4 is 4.74 Å². The highest BCUT2D eigenvalue weighted by molar-refractivity contribution is 5.99. The van der Waals surface area contributed by atoms with Crippen LogP contribution in [-0.2, 0) is 19.4 Å². The first-order valence-corrected chi connectivity index (χ1v) is 9.45. The molecule has 2 aromatic rings. The van der Waals surface area contributed by atoms with E-state index in [9.17, 15) is 4.79 Å². The number of imidazole rings is 1. The molecule has 0 bridgehead atoms. The summed E-state index contributed by atoms with van der Waals surface area (Å²) < 4.78 is 7.88. The van der Waals surface area contributed by atoms with Crippen molar-refractivity contribution in [3.63, 3.8) is 0 Å². The van der Waals surface area contributed by atoms with Gasteiger partial charge in [0.1, 0.15) is 11.6 Å². The highest BCUT2D eigenvalue weighted by Crippen LogP contribution is 2.34. The standard InChI is InChI=1S/C21H28N2O2/c1-4-16(14-23-13-12-22-15(23)3)21(24)19-10-11-20(25-5-2)18-9-7-6-8-17(18)19/h10-13,16H,4-9,14H2,1-3H3. The lowest BCUT2D eigenvalue weighted by Gasteiger charge is -2.24. The van der Waals surface area contributed by atoms with E-state index in [1.54, 1.807) is 6.20 Å². The summed E-state index contributed by atoms with van der Waals surface area (Å²) in [5, 5.41) is 0. The summed E-state index contributed by atoms with van der Waals surface area (Å²) in [6, 6.07) is 3.98. The summed E-state index contributed by atoms with van der Waals surface area (Å²) in [7, 11) is 0. The number of nitrogens with zero attached hydrogens (tertiary/aromatic N) is 2. The SMILES string of the molecule is CCOc1ccc(C(=O)C(CC)Cn2ccnc2C)c2c1CCCC2. The van der Waals surface area contributed by atoms with Crippen molar-refractivity contribution in [2.24, 2.45) is 5.92 Å². The fourth-order valence-electron chi connectivity index (χ4n) is 3.81. The predicted molar refractivity (Wildman–Crippen MR) is 99.3 cm³/mol. The van der Waals surface area contributed by atoms with E-state index in [4.69, 9.17) is 4.74 Å². The lowest BCUT2D eigenvalue weighted by Crippen LogP contribution is -2.23. The van der Waals surface area contributed by atoms with E-state index in [1.807, 2.05) is 32.2 Å². The average molecular weight is 340 g/mol. The van der Waals surface area contributed by atoms with Crippen LogP contribution in [0.15, 0.2) is 24.5 Å². The molecule has 1 atom stereocenters. The van der Waals surface area contributed by atoms with Gasteiger partial charge in [0.15, 0.2) is 5.78 Å². The summed E-state index contributed by atoms with van der Waals surface area (Å²) in [5.41, 5.74) is 3.39. The van der Waals surface area contributed by atoms with Gasteiger partial charge in [-0.3, -0.25) is 4.79 Å². The highest BCUT2D eigenvalue weighted by atomic mass is 16.5. The number of hydrogen-bond acceptors (Lipinski definition) is 3. The van der Waals surface area contributed by atoms with Crippen molar-refractivity contribution in [2.45, 2.75) is 59.4 Å². The number of hydrogen-bond donors (Lipinski definition) is 0. The smallest absolute Gasteiger partial charge is 0.168 e. The fourth-order valence-corrected chi connectivity index (χ4v) is 3.81. The fraction of sp³-hybridized carbons (Fsp3) is 0.524. The molecule has 1 unspecified atom stereocenters. The molecule has 4 nitrogen and oxygen atoms in total. The Kier molecular flexibility index (Phi) is 5.57. The number of aryl methyl sites for hydroxylation is 1. The van der Waals surface area contributed by atoms with E-state index in [2.05, 4.69) is 16.5 Å². The Bertz CT molecular complexity index is 748. The number of carbonyl (C=O) groups is 1. The molecule has 0 fully saturated rings. The summed E-state index contributed by atoms with van der Waals surface area (Å²) in [5.74, 6) is 2.17. The Hall–Kier alpha value is -2.10. The number of ether oxygens (including phenoxy) is 1. The molecule has 0 aliphatic heterocycles. The molecule has 25 heavy (non-hydrogen) atoms. The third kappa shape index (κ3) is 3.63. The summed E-state index contributed by atoms with van der Waals surface area (Å²) >= 11 is 0. The van der Waals surface area contributed by atoms with Crippen LogP contribution in [0.5, 0.6) is 5.75 Å². The molecule has 0 radical (unpaired) electrons. The van der Waals surface area contributed by atoms with Crippen LogP contribution in [0.2, 0.25) is 0 Å². The molecule has 0 amide bonds. The Morgan fingerprint density at radius 3 is 2.64 bits per heavy atom. The minimum atomic E-state index is -0.0168. The van der Waals surface area contributed by atoms with Crippen molar-refractivity contribution in [1.82, 2.24) is 9.55 Å². The van der Waals surface area contributed by atoms with Crippen LogP contribution in [0.1, 0.15) is 60.4 Å². The molecular weight excluding hydrogens is 312 g/mol. The maximum Gasteiger partial charge on any atom is 0.168 e. The van der Waals surface area contributed by atoms with Gasteiger partial charge in [0.2, 0.25) is 0 Å². The van der Waals surface area contributed by atoms with Gasteiger partial charge in [-0.1, -0.05) is 6.92 Å². The Morgan fingerprint density at radius 1 is 1.24 bits per heavy atom. The zero-order valence-corrected chi connectivity index (χ0v) is 15.5. The molecule has 1 aromatic heterocycles. The summed E-state index contributed by atoms with van der Waals surface area (Å²) in [6.45, 7) is 7.45. The number of benzene rings is 1. The molecule has 0 spiro atoms. The van der Waals surface area contributed by atoms with Crippen molar-refractivity contribution < 1.29 is 9.53 Å². The van der Waals surface area contributed by atoms with E-state index < -0.39 is 0 Å². The molecule has 0 saturated heterocycles. The van der Waals surface area contributed by atoms with Crippen LogP contribution in [-0.4, -0.2) is 21.9 Å². The summed E-state index contributed by atoms with van der Waals surface area (Å²) in [6.07, 6.45) is 8.92. The van der Waals surface area contributed by atoms with E-state index in [1.165, 1.54) is 17.5 Å².